The number of hydrogen-bond acceptors (Lipinski definition) is 12. The first-order valence-corrected chi connectivity index (χ1v) is 39.8. The van der Waals surface area contributed by atoms with Crippen molar-refractivity contribution in [3.05, 3.63) is 141 Å². The molecule has 104 heavy (non-hydrogen) atoms. The summed E-state index contributed by atoms with van der Waals surface area (Å²) in [5.41, 5.74) is 13.8. The molecule has 6 fully saturated rings. The number of carbonyl (C=O) groups excluding carboxylic acids is 4. The van der Waals surface area contributed by atoms with Crippen molar-refractivity contribution >= 4 is 46.2 Å². The average Bonchev–Trinajstić information content (AvgIpc) is 1.64. The van der Waals surface area contributed by atoms with E-state index in [4.69, 9.17) is 18.9 Å². The van der Waals surface area contributed by atoms with E-state index in [-0.39, 0.29) is 60.0 Å². The maximum atomic E-state index is 13.0. The molecule has 6 saturated carbocycles. The number of aryl methyl sites for hydroxylation is 8. The SMILES string of the molecule is CCCCCO[C@@H]1CC[C@H](NC(=O)c2ccn3c(C)cc(C)nc23)C1.CCCCCO[C@H]1CC[C@@H](NC(=O)c2ccn3c(C)cc(C)nc23)C1.CCCCOC1C2CCC1CC(NC(=O)c1ccn3c(C)cc(C)nc13)C2.CCCCOC1CC2CCC(C1)C2NC(=O)c1ccn2c(C)cc(C)nc12. The van der Waals surface area contributed by atoms with E-state index in [1.165, 1.54) is 64.2 Å². The molecule has 0 saturated heterocycles. The van der Waals surface area contributed by atoms with Gasteiger partial charge in [-0.3, -0.25) is 19.2 Å². The Morgan fingerprint density at radius 2 is 0.673 bits per heavy atom. The molecule has 4 amide bonds. The third-order valence-corrected chi connectivity index (χ3v) is 22.7. The quantitative estimate of drug-likeness (QED) is 0.0372. The molecule has 0 aliphatic heterocycles. The molecule has 14 rings (SSSR count). The fourth-order valence-electron chi connectivity index (χ4n) is 17.4. The van der Waals surface area contributed by atoms with E-state index in [9.17, 15) is 19.2 Å². The van der Waals surface area contributed by atoms with Crippen molar-refractivity contribution in [2.45, 2.75) is 286 Å². The Labute approximate surface area is 617 Å². The van der Waals surface area contributed by atoms with E-state index in [1.54, 1.807) is 0 Å². The van der Waals surface area contributed by atoms with Crippen LogP contribution < -0.4 is 21.3 Å². The van der Waals surface area contributed by atoms with Gasteiger partial charge in [-0.05, 0) is 243 Å². The van der Waals surface area contributed by atoms with Gasteiger partial charge >= 0.3 is 0 Å². The number of nitrogens with zero attached hydrogens (tertiary/aromatic N) is 8. The van der Waals surface area contributed by atoms with Crippen molar-refractivity contribution in [3.63, 3.8) is 0 Å². The van der Waals surface area contributed by atoms with Gasteiger partial charge in [0.2, 0.25) is 0 Å². The Balaban J connectivity index is 0.000000139. The minimum atomic E-state index is -0.0309. The molecule has 4 unspecified atom stereocenters. The van der Waals surface area contributed by atoms with Crippen LogP contribution in [-0.2, 0) is 18.9 Å². The zero-order valence-corrected chi connectivity index (χ0v) is 64.5. The number of ether oxygens (including phenoxy) is 4. The summed E-state index contributed by atoms with van der Waals surface area (Å²) in [5, 5.41) is 13.0. The van der Waals surface area contributed by atoms with Gasteiger partial charge in [0.15, 0.2) is 0 Å². The molecule has 8 aromatic rings. The Morgan fingerprint density at radius 3 is 1.04 bits per heavy atom. The van der Waals surface area contributed by atoms with Crippen molar-refractivity contribution in [3.8, 4) is 0 Å². The van der Waals surface area contributed by atoms with E-state index in [2.05, 4.69) is 68.9 Å². The van der Waals surface area contributed by atoms with Crippen LogP contribution in [0.25, 0.3) is 22.6 Å². The number of nitrogens with one attached hydrogen (secondary N) is 4. The first-order valence-electron chi connectivity index (χ1n) is 39.8. The van der Waals surface area contributed by atoms with Gasteiger partial charge in [-0.1, -0.05) is 66.2 Å². The molecule has 20 nitrogen and oxygen atoms in total. The maximum Gasteiger partial charge on any atom is 0.255 e. The summed E-state index contributed by atoms with van der Waals surface area (Å²) in [6.07, 6.45) is 35.8. The van der Waals surface area contributed by atoms with Crippen LogP contribution in [0.3, 0.4) is 0 Å². The predicted molar refractivity (Wildman–Crippen MR) is 410 cm³/mol. The molecule has 0 aromatic carbocycles. The Bertz CT molecular complexity index is 4030. The topological polar surface area (TPSA) is 223 Å². The van der Waals surface area contributed by atoms with E-state index in [1.807, 2.05) is 146 Å². The number of fused-ring (bicyclic) bond motifs is 8. The third-order valence-electron chi connectivity index (χ3n) is 22.7. The lowest BCUT2D eigenvalue weighted by Gasteiger charge is -2.35. The maximum absolute atomic E-state index is 13.0. The highest BCUT2D eigenvalue weighted by atomic mass is 16.5. The molecule has 564 valence electrons. The molecule has 4 N–H and O–H groups in total. The smallest absolute Gasteiger partial charge is 0.255 e. The van der Waals surface area contributed by atoms with Crippen LogP contribution in [0.15, 0.2) is 73.3 Å². The number of amides is 4. The lowest BCUT2D eigenvalue weighted by molar-refractivity contribution is -0.0263. The first-order chi connectivity index (χ1) is 50.3. The van der Waals surface area contributed by atoms with Crippen LogP contribution in [0.4, 0.5) is 0 Å². The average molecular weight is 1430 g/mol. The lowest BCUT2D eigenvalue weighted by atomic mass is 9.82. The fourth-order valence-corrected chi connectivity index (χ4v) is 17.4. The van der Waals surface area contributed by atoms with Crippen LogP contribution in [-0.4, -0.2) is 136 Å². The molecule has 8 atom stereocenters. The number of carbonyl (C=O) groups is 4. The van der Waals surface area contributed by atoms with Gasteiger partial charge in [-0.15, -0.1) is 0 Å². The van der Waals surface area contributed by atoms with E-state index in [0.29, 0.717) is 58.1 Å². The molecule has 0 radical (unpaired) electrons. The second-order valence-electron chi connectivity index (χ2n) is 31.1. The summed E-state index contributed by atoms with van der Waals surface area (Å²) in [7, 11) is 0. The molecule has 6 aliphatic rings. The highest BCUT2D eigenvalue weighted by molar-refractivity contribution is 6.02. The highest BCUT2D eigenvalue weighted by Crippen LogP contribution is 2.45. The molecule has 0 spiro atoms. The van der Waals surface area contributed by atoms with Crippen LogP contribution in [0.1, 0.15) is 269 Å². The number of unbranched alkanes of at least 4 members (excludes halogenated alkanes) is 6. The Morgan fingerprint density at radius 1 is 0.356 bits per heavy atom. The second kappa shape index (κ2) is 36.7. The van der Waals surface area contributed by atoms with Gasteiger partial charge in [-0.25, -0.2) is 19.9 Å². The molecule has 20 heteroatoms. The van der Waals surface area contributed by atoms with Crippen molar-refractivity contribution in [2.75, 3.05) is 26.4 Å². The fraction of sp³-hybridized carbons (Fsp3) is 0.619. The van der Waals surface area contributed by atoms with E-state index >= 15 is 0 Å². The monoisotopic (exact) mass is 1420 g/mol. The van der Waals surface area contributed by atoms with Crippen LogP contribution in [0.5, 0.6) is 0 Å². The summed E-state index contributed by atoms with van der Waals surface area (Å²) in [6, 6.07) is 16.5. The van der Waals surface area contributed by atoms with E-state index < -0.39 is 0 Å². The van der Waals surface area contributed by atoms with Gasteiger partial charge in [0, 0.05) is 121 Å². The summed E-state index contributed by atoms with van der Waals surface area (Å²) in [6.45, 7) is 28.2. The third kappa shape index (κ3) is 19.4. The van der Waals surface area contributed by atoms with Crippen LogP contribution >= 0.6 is 0 Å². The van der Waals surface area contributed by atoms with Crippen molar-refractivity contribution in [1.29, 1.82) is 0 Å². The van der Waals surface area contributed by atoms with Gasteiger partial charge in [0.05, 0.1) is 46.7 Å². The van der Waals surface area contributed by atoms with Gasteiger partial charge in [0.1, 0.15) is 22.6 Å². The summed E-state index contributed by atoms with van der Waals surface area (Å²) in [5.74, 6) is 2.24. The first kappa shape index (κ1) is 77.6. The summed E-state index contributed by atoms with van der Waals surface area (Å²) >= 11 is 0. The molecule has 8 heterocycles. The van der Waals surface area contributed by atoms with Crippen molar-refractivity contribution in [2.24, 2.45) is 23.7 Å². The molecule has 4 bridgehead atoms. The minimum Gasteiger partial charge on any atom is -0.378 e. The van der Waals surface area contributed by atoms with Crippen LogP contribution in [0, 0.1) is 79.1 Å². The van der Waals surface area contributed by atoms with Crippen LogP contribution in [0.2, 0.25) is 0 Å². The van der Waals surface area contributed by atoms with Gasteiger partial charge < -0.3 is 57.8 Å². The lowest BCUT2D eigenvalue weighted by Crippen LogP contribution is -2.46. The highest BCUT2D eigenvalue weighted by Gasteiger charge is 2.45. The van der Waals surface area contributed by atoms with Crippen molar-refractivity contribution in [1.82, 2.24) is 58.8 Å². The Kier molecular flexibility index (Phi) is 27.3. The summed E-state index contributed by atoms with van der Waals surface area (Å²) < 4.78 is 32.1. The second-order valence-corrected chi connectivity index (χ2v) is 31.1. The molecular formula is C84H120N12O8. The van der Waals surface area contributed by atoms with Gasteiger partial charge in [0.25, 0.3) is 23.6 Å². The molecule has 8 aromatic heterocycles. The zero-order chi connectivity index (χ0) is 73.6. The van der Waals surface area contributed by atoms with Gasteiger partial charge in [-0.2, -0.15) is 0 Å². The number of hydrogen-bond donors (Lipinski definition) is 4. The molecule has 6 aliphatic carbocycles. The van der Waals surface area contributed by atoms with Crippen molar-refractivity contribution < 1.29 is 38.1 Å². The molecular weight excluding hydrogens is 1300 g/mol. The van der Waals surface area contributed by atoms with E-state index in [0.717, 1.165) is 184 Å². The standard InChI is InChI=1S/2C22H31N3O2.2C20H29N3O2/c1-4-5-10-27-18-12-16-6-7-17(13-18)20(16)24-22(26)19-8-9-25-15(3)11-14(2)23-21(19)25;1-4-5-10-27-20-16-6-7-17(20)13-18(12-16)24-22(26)19-8-9-25-15(3)11-14(2)23-21(19)25;2*1-4-5-6-11-25-17-8-7-16(13-17)22-20(24)18-9-10-23-15(3)12-14(2)21-19(18)23/h2*8-9,11,16-18,20H,4-7,10,12-13H2,1-3H3,(H,24,26);2*9-10,12,16-17H,4-8,11,13H2,1-3H3,(H,22,24)/t;;2*16-,17+/m..10/s1. The minimum absolute atomic E-state index is 0.00440. The Hall–Kier alpha value is -7.52. The predicted octanol–water partition coefficient (Wildman–Crippen LogP) is 15.7. The largest absolute Gasteiger partial charge is 0.378 e. The normalized spacial score (nSPS) is 23.9. The zero-order valence-electron chi connectivity index (χ0n) is 64.5. The number of aromatic nitrogens is 8. The number of rotatable bonds is 26. The summed E-state index contributed by atoms with van der Waals surface area (Å²) in [4.78, 5) is 69.6.